The summed E-state index contributed by atoms with van der Waals surface area (Å²) in [5.41, 5.74) is 0.757. The second-order valence-electron chi connectivity index (χ2n) is 3.69. The van der Waals surface area contributed by atoms with Crippen molar-refractivity contribution in [3.8, 4) is 0 Å². The number of aliphatic carboxylic acids is 1. The zero-order valence-corrected chi connectivity index (χ0v) is 9.39. The van der Waals surface area contributed by atoms with Crippen molar-refractivity contribution in [2.24, 2.45) is 0 Å². The number of carboxylic acids is 1. The van der Waals surface area contributed by atoms with Gasteiger partial charge in [-0.2, -0.15) is 0 Å². The molecule has 0 aromatic heterocycles. The first-order valence-corrected chi connectivity index (χ1v) is 5.20. The molecule has 0 aliphatic carbocycles. The molecule has 0 heterocycles. The van der Waals surface area contributed by atoms with Crippen LogP contribution in [0.2, 0.25) is 0 Å². The van der Waals surface area contributed by atoms with Crippen LogP contribution in [-0.2, 0) is 9.59 Å². The number of alkyl halides is 1. The highest BCUT2D eigenvalue weighted by Crippen LogP contribution is 2.14. The highest BCUT2D eigenvalue weighted by atomic mass is 19.1. The number of amides is 1. The van der Waals surface area contributed by atoms with Gasteiger partial charge in [-0.1, -0.05) is 30.3 Å². The second kappa shape index (κ2) is 5.98. The van der Waals surface area contributed by atoms with Gasteiger partial charge in [0.1, 0.15) is 6.67 Å². The zero-order valence-electron chi connectivity index (χ0n) is 9.39. The Bertz CT molecular complexity index is 394. The molecule has 0 aliphatic rings. The van der Waals surface area contributed by atoms with Crippen LogP contribution < -0.4 is 5.32 Å². The molecule has 0 aliphatic heterocycles. The molecule has 1 aromatic carbocycles. The smallest absolute Gasteiger partial charge is 0.328 e. The predicted octanol–water partition coefficient (Wildman–Crippen LogP) is 1.33. The van der Waals surface area contributed by atoms with Gasteiger partial charge in [0, 0.05) is 0 Å². The molecule has 0 spiro atoms. The van der Waals surface area contributed by atoms with Crippen molar-refractivity contribution in [2.75, 3.05) is 6.67 Å². The molecule has 0 bridgehead atoms. The fraction of sp³-hybridized carbons (Fsp3) is 0.333. The minimum atomic E-state index is -1.48. The minimum Gasteiger partial charge on any atom is -0.480 e. The van der Waals surface area contributed by atoms with Crippen LogP contribution in [0.1, 0.15) is 18.4 Å². The topological polar surface area (TPSA) is 66.4 Å². The third-order valence-corrected chi connectivity index (χ3v) is 2.46. The van der Waals surface area contributed by atoms with Crippen LogP contribution in [0.25, 0.3) is 0 Å². The number of hydrogen-bond donors (Lipinski definition) is 2. The first-order valence-electron chi connectivity index (χ1n) is 5.20. The van der Waals surface area contributed by atoms with Crippen molar-refractivity contribution in [1.82, 2.24) is 5.32 Å². The van der Waals surface area contributed by atoms with E-state index in [1.165, 1.54) is 0 Å². The molecule has 0 saturated carbocycles. The van der Waals surface area contributed by atoms with E-state index in [1.807, 2.05) is 6.07 Å². The molecule has 0 saturated heterocycles. The van der Waals surface area contributed by atoms with Crippen molar-refractivity contribution >= 4 is 11.9 Å². The molecule has 1 aromatic rings. The molecular formula is C12H14FNO3. The Morgan fingerprint density at radius 3 is 2.41 bits per heavy atom. The predicted molar refractivity (Wildman–Crippen MR) is 60.4 cm³/mol. The molecule has 17 heavy (non-hydrogen) atoms. The Morgan fingerprint density at radius 1 is 1.35 bits per heavy atom. The van der Waals surface area contributed by atoms with E-state index in [-0.39, 0.29) is 0 Å². The lowest BCUT2D eigenvalue weighted by Crippen LogP contribution is -2.44. The lowest BCUT2D eigenvalue weighted by atomic mass is 10.0. The van der Waals surface area contributed by atoms with Crippen molar-refractivity contribution < 1.29 is 19.1 Å². The number of carbonyl (C=O) groups is 2. The van der Waals surface area contributed by atoms with Gasteiger partial charge < -0.3 is 10.4 Å². The van der Waals surface area contributed by atoms with Gasteiger partial charge in [0.05, 0.1) is 5.92 Å². The van der Waals surface area contributed by atoms with Crippen LogP contribution in [0, 0.1) is 0 Å². The van der Waals surface area contributed by atoms with Crippen molar-refractivity contribution in [2.45, 2.75) is 18.9 Å². The summed E-state index contributed by atoms with van der Waals surface area (Å²) in [5.74, 6) is -2.38. The fourth-order valence-electron chi connectivity index (χ4n) is 1.36. The van der Waals surface area contributed by atoms with Gasteiger partial charge in [-0.05, 0) is 12.5 Å². The van der Waals surface area contributed by atoms with E-state index in [0.29, 0.717) is 0 Å². The van der Waals surface area contributed by atoms with E-state index < -0.39 is 30.5 Å². The Hall–Kier alpha value is -1.91. The average molecular weight is 239 g/mol. The van der Waals surface area contributed by atoms with Crippen LogP contribution in [-0.4, -0.2) is 29.7 Å². The summed E-state index contributed by atoms with van der Waals surface area (Å²) >= 11 is 0. The van der Waals surface area contributed by atoms with Crippen LogP contribution in [0.5, 0.6) is 0 Å². The number of hydrogen-bond acceptors (Lipinski definition) is 2. The highest BCUT2D eigenvalue weighted by molar-refractivity contribution is 5.87. The summed E-state index contributed by atoms with van der Waals surface area (Å²) in [5, 5.41) is 10.8. The molecule has 2 atom stereocenters. The van der Waals surface area contributed by atoms with Crippen LogP contribution >= 0.6 is 0 Å². The van der Waals surface area contributed by atoms with E-state index in [1.54, 1.807) is 31.2 Å². The SMILES string of the molecule is CC(C(=O)NC(CF)C(=O)O)c1ccccc1. The fourth-order valence-corrected chi connectivity index (χ4v) is 1.36. The van der Waals surface area contributed by atoms with Crippen LogP contribution in [0.3, 0.4) is 0 Å². The molecule has 0 fully saturated rings. The maximum absolute atomic E-state index is 12.3. The van der Waals surface area contributed by atoms with E-state index in [4.69, 9.17) is 5.11 Å². The monoisotopic (exact) mass is 239 g/mol. The minimum absolute atomic E-state index is 0.499. The van der Waals surface area contributed by atoms with E-state index in [0.717, 1.165) is 5.56 Å². The van der Waals surface area contributed by atoms with Crippen LogP contribution in [0.15, 0.2) is 30.3 Å². The average Bonchev–Trinajstić information content (AvgIpc) is 2.35. The lowest BCUT2D eigenvalue weighted by molar-refractivity contribution is -0.142. The van der Waals surface area contributed by atoms with Gasteiger partial charge in [-0.15, -0.1) is 0 Å². The molecule has 5 heteroatoms. The molecule has 92 valence electrons. The summed E-state index contributed by atoms with van der Waals surface area (Å²) in [6.07, 6.45) is 0. The van der Waals surface area contributed by atoms with E-state index >= 15 is 0 Å². The van der Waals surface area contributed by atoms with E-state index in [2.05, 4.69) is 5.32 Å². The Morgan fingerprint density at radius 2 is 1.94 bits per heavy atom. The summed E-state index contributed by atoms with van der Waals surface area (Å²) < 4.78 is 12.3. The Balaban J connectivity index is 2.68. The van der Waals surface area contributed by atoms with Gasteiger partial charge in [0.2, 0.25) is 5.91 Å². The van der Waals surface area contributed by atoms with Gasteiger partial charge >= 0.3 is 5.97 Å². The third kappa shape index (κ3) is 3.55. The normalized spacial score (nSPS) is 13.8. The molecule has 2 unspecified atom stereocenters. The lowest BCUT2D eigenvalue weighted by Gasteiger charge is -2.15. The summed E-state index contributed by atoms with van der Waals surface area (Å²) in [4.78, 5) is 22.2. The zero-order chi connectivity index (χ0) is 12.8. The first-order chi connectivity index (χ1) is 8.06. The summed E-state index contributed by atoms with van der Waals surface area (Å²) in [6, 6.07) is 7.42. The van der Waals surface area contributed by atoms with E-state index in [9.17, 15) is 14.0 Å². The Kier molecular flexibility index (Phi) is 4.63. The molecule has 0 radical (unpaired) electrons. The number of rotatable bonds is 5. The number of halogens is 1. The van der Waals surface area contributed by atoms with Crippen molar-refractivity contribution in [3.63, 3.8) is 0 Å². The standard InChI is InChI=1S/C12H14FNO3/c1-8(9-5-3-2-4-6-9)11(15)14-10(7-13)12(16)17/h2-6,8,10H,7H2,1H3,(H,14,15)(H,16,17). The van der Waals surface area contributed by atoms with Crippen molar-refractivity contribution in [1.29, 1.82) is 0 Å². The molecule has 1 rings (SSSR count). The molecular weight excluding hydrogens is 225 g/mol. The third-order valence-electron chi connectivity index (χ3n) is 2.46. The molecule has 1 amide bonds. The second-order valence-corrected chi connectivity index (χ2v) is 3.69. The largest absolute Gasteiger partial charge is 0.480 e. The van der Waals surface area contributed by atoms with Gasteiger partial charge in [-0.3, -0.25) is 4.79 Å². The number of carbonyl (C=O) groups excluding carboxylic acids is 1. The molecule has 2 N–H and O–H groups in total. The van der Waals surface area contributed by atoms with Crippen molar-refractivity contribution in [3.05, 3.63) is 35.9 Å². The Labute approximate surface area is 98.5 Å². The summed E-state index contributed by atoms with van der Waals surface area (Å²) in [6.45, 7) is 0.518. The molecule has 4 nitrogen and oxygen atoms in total. The highest BCUT2D eigenvalue weighted by Gasteiger charge is 2.23. The number of carboxylic acid groups (broad SMARTS) is 1. The number of benzene rings is 1. The number of nitrogens with one attached hydrogen (secondary N) is 1. The van der Waals surface area contributed by atoms with Crippen LogP contribution in [0.4, 0.5) is 4.39 Å². The quantitative estimate of drug-likeness (QED) is 0.814. The first kappa shape index (κ1) is 13.2. The maximum Gasteiger partial charge on any atom is 0.328 e. The summed E-state index contributed by atoms with van der Waals surface area (Å²) in [7, 11) is 0. The maximum atomic E-state index is 12.3. The van der Waals surface area contributed by atoms with Gasteiger partial charge in [0.15, 0.2) is 6.04 Å². The van der Waals surface area contributed by atoms with Gasteiger partial charge in [0.25, 0.3) is 0 Å². The van der Waals surface area contributed by atoms with Gasteiger partial charge in [-0.25, -0.2) is 9.18 Å².